The number of ether oxygens (including phenoxy) is 9. The van der Waals surface area contributed by atoms with Crippen LogP contribution >= 0.6 is 0 Å². The molecule has 0 saturated carbocycles. The van der Waals surface area contributed by atoms with Crippen molar-refractivity contribution in [1.82, 2.24) is 21.3 Å². The number of alkyl carbamates (subject to hydrolysis) is 1. The van der Waals surface area contributed by atoms with Crippen molar-refractivity contribution in [2.45, 2.75) is 57.7 Å². The average molecular weight is 1030 g/mol. The summed E-state index contributed by atoms with van der Waals surface area (Å²) in [6.45, 7) is 10.2. The third-order valence-corrected chi connectivity index (χ3v) is 11.2. The molecule has 0 spiro atoms. The summed E-state index contributed by atoms with van der Waals surface area (Å²) in [6, 6.07) is 20.4. The summed E-state index contributed by atoms with van der Waals surface area (Å²) >= 11 is 0. The molecule has 0 heterocycles. The molecular formula is C52H76N6O15. The molecule has 3 aromatic carbocycles. The van der Waals surface area contributed by atoms with Crippen LogP contribution in [-0.2, 0) is 63.6 Å². The Balaban J connectivity index is 0.880. The number of carbonyl (C=O) groups is 5. The number of hydrogen-bond acceptors (Lipinski definition) is 15. The molecule has 6 amide bonds. The van der Waals surface area contributed by atoms with Crippen LogP contribution in [-0.4, -0.2) is 172 Å². The predicted molar refractivity (Wildman–Crippen MR) is 271 cm³/mol. The lowest BCUT2D eigenvalue weighted by atomic mass is 9.98. The summed E-state index contributed by atoms with van der Waals surface area (Å²) in [5.74, 6) is -1.69. The summed E-state index contributed by atoms with van der Waals surface area (Å²) in [7, 11) is 0. The van der Waals surface area contributed by atoms with Gasteiger partial charge in [0, 0.05) is 31.1 Å². The number of anilines is 1. The minimum atomic E-state index is -0.975. The summed E-state index contributed by atoms with van der Waals surface area (Å²) in [5, 5.41) is 22.7. The van der Waals surface area contributed by atoms with Crippen molar-refractivity contribution in [3.63, 3.8) is 0 Å². The van der Waals surface area contributed by atoms with Gasteiger partial charge in [-0.3, -0.25) is 14.4 Å². The average Bonchev–Trinajstić information content (AvgIpc) is 3.71. The van der Waals surface area contributed by atoms with E-state index in [1.807, 2.05) is 24.3 Å². The number of urea groups is 1. The SMILES string of the molecule is CC(C)[C@H](NC(=O)CCOCCOCCOCCOCCOCCOCCOCCOCCNC(=O)OCC1c2ccccc2-c2ccccc21)C(=O)N[C@@H](CCCNC(N)=O)C(=O)Nc1ccc(CO)cc1. The lowest BCUT2D eigenvalue weighted by Crippen LogP contribution is -2.54. The van der Waals surface area contributed by atoms with Crippen LogP contribution in [0.25, 0.3) is 11.1 Å². The lowest BCUT2D eigenvalue weighted by Gasteiger charge is -2.25. The first-order valence-corrected chi connectivity index (χ1v) is 24.9. The van der Waals surface area contributed by atoms with Gasteiger partial charge in [-0.15, -0.1) is 0 Å². The van der Waals surface area contributed by atoms with Crippen LogP contribution in [0.4, 0.5) is 15.3 Å². The largest absolute Gasteiger partial charge is 0.449 e. The fraction of sp³-hybridized carbons (Fsp3) is 0.558. The molecule has 21 heteroatoms. The number of hydrogen-bond donors (Lipinski definition) is 7. The van der Waals surface area contributed by atoms with Crippen LogP contribution < -0.4 is 32.3 Å². The molecule has 0 unspecified atom stereocenters. The number of fused-ring (bicyclic) bond motifs is 3. The normalized spacial score (nSPS) is 12.7. The summed E-state index contributed by atoms with van der Waals surface area (Å²) < 4.78 is 49.7. The topological polar surface area (TPSA) is 275 Å². The molecule has 21 nitrogen and oxygen atoms in total. The Morgan fingerprint density at radius 2 is 1.05 bits per heavy atom. The number of aliphatic hydroxyl groups excluding tert-OH is 1. The molecule has 73 heavy (non-hydrogen) atoms. The van der Waals surface area contributed by atoms with E-state index >= 15 is 0 Å². The van der Waals surface area contributed by atoms with Crippen molar-refractivity contribution in [3.05, 3.63) is 89.5 Å². The third-order valence-electron chi connectivity index (χ3n) is 11.2. The van der Waals surface area contributed by atoms with Crippen molar-refractivity contribution < 1.29 is 71.7 Å². The quantitative estimate of drug-likeness (QED) is 0.0403. The van der Waals surface area contributed by atoms with E-state index in [2.05, 4.69) is 50.8 Å². The monoisotopic (exact) mass is 1020 g/mol. The highest BCUT2D eigenvalue weighted by Crippen LogP contribution is 2.44. The van der Waals surface area contributed by atoms with Gasteiger partial charge < -0.3 is 80.1 Å². The van der Waals surface area contributed by atoms with Crippen molar-refractivity contribution in [3.8, 4) is 11.1 Å². The number of nitrogens with two attached hydrogens (primary N) is 1. The maximum atomic E-state index is 13.4. The van der Waals surface area contributed by atoms with Gasteiger partial charge >= 0.3 is 12.1 Å². The number of amides is 6. The van der Waals surface area contributed by atoms with Crippen LogP contribution in [0.1, 0.15) is 55.7 Å². The van der Waals surface area contributed by atoms with Crippen molar-refractivity contribution in [2.24, 2.45) is 11.7 Å². The van der Waals surface area contributed by atoms with Crippen LogP contribution in [0.3, 0.4) is 0 Å². The molecule has 0 bridgehead atoms. The number of rotatable bonds is 40. The highest BCUT2D eigenvalue weighted by atomic mass is 16.6. The summed E-state index contributed by atoms with van der Waals surface area (Å²) in [4.78, 5) is 62.7. The van der Waals surface area contributed by atoms with Gasteiger partial charge in [0.2, 0.25) is 17.7 Å². The first kappa shape index (κ1) is 59.8. The standard InChI is InChI=1S/C52H76N6O15/c1-38(2)48(50(62)57-46(12-7-18-54-51(53)63)49(61)56-40-15-13-39(36-59)14-16-40)58-47(60)17-20-65-22-24-67-26-28-69-30-32-71-34-35-72-33-31-70-29-27-68-25-23-66-21-19-55-52(64)73-37-45-43-10-5-3-8-41(43)42-9-4-6-11-44(42)45/h3-6,8-11,13-16,38,45-46,48,59H,7,12,17-37H2,1-2H3,(H,55,64)(H,56,61)(H,57,62)(H,58,60)(H3,53,54,63)/t46-,48-/m0/s1. The molecule has 404 valence electrons. The maximum absolute atomic E-state index is 13.4. The van der Waals surface area contributed by atoms with Crippen LogP contribution in [0.2, 0.25) is 0 Å². The van der Waals surface area contributed by atoms with Crippen LogP contribution in [0, 0.1) is 5.92 Å². The highest BCUT2D eigenvalue weighted by molar-refractivity contribution is 5.98. The van der Waals surface area contributed by atoms with E-state index in [0.29, 0.717) is 117 Å². The number of primary amides is 1. The Hall–Kier alpha value is -5.75. The van der Waals surface area contributed by atoms with Gasteiger partial charge in [0.1, 0.15) is 18.7 Å². The van der Waals surface area contributed by atoms with Gasteiger partial charge in [0.25, 0.3) is 0 Å². The number of benzene rings is 3. The first-order valence-electron chi connectivity index (χ1n) is 24.9. The fourth-order valence-electron chi connectivity index (χ4n) is 7.43. The molecule has 0 fully saturated rings. The van der Waals surface area contributed by atoms with Gasteiger partial charge in [0.05, 0.1) is 112 Å². The van der Waals surface area contributed by atoms with Crippen molar-refractivity contribution >= 4 is 35.5 Å². The second kappa shape index (κ2) is 36.2. The fourth-order valence-corrected chi connectivity index (χ4v) is 7.43. The number of aliphatic hydroxyl groups is 1. The van der Waals surface area contributed by atoms with E-state index in [9.17, 15) is 29.1 Å². The Morgan fingerprint density at radius 1 is 0.575 bits per heavy atom. The zero-order valence-electron chi connectivity index (χ0n) is 42.2. The van der Waals surface area contributed by atoms with Crippen LogP contribution in [0.15, 0.2) is 72.8 Å². The van der Waals surface area contributed by atoms with Crippen molar-refractivity contribution in [2.75, 3.05) is 131 Å². The van der Waals surface area contributed by atoms with Gasteiger partial charge in [-0.25, -0.2) is 9.59 Å². The Kier molecular flexibility index (Phi) is 29.7. The second-order valence-electron chi connectivity index (χ2n) is 17.0. The van der Waals surface area contributed by atoms with Crippen LogP contribution in [0.5, 0.6) is 0 Å². The van der Waals surface area contributed by atoms with E-state index in [-0.39, 0.29) is 57.6 Å². The van der Waals surface area contributed by atoms with E-state index in [1.54, 1.807) is 38.1 Å². The zero-order valence-corrected chi connectivity index (χ0v) is 42.2. The summed E-state index contributed by atoms with van der Waals surface area (Å²) in [5.41, 5.74) is 11.0. The van der Waals surface area contributed by atoms with Crippen molar-refractivity contribution in [1.29, 1.82) is 0 Å². The molecule has 1 aliphatic rings. The Labute approximate surface area is 428 Å². The molecule has 4 rings (SSSR count). The van der Waals surface area contributed by atoms with Gasteiger partial charge in [-0.1, -0.05) is 74.5 Å². The molecule has 0 aliphatic heterocycles. The minimum absolute atomic E-state index is 0.0103. The van der Waals surface area contributed by atoms with Gasteiger partial charge in [-0.05, 0) is 58.7 Å². The highest BCUT2D eigenvalue weighted by Gasteiger charge is 2.30. The molecule has 1 aliphatic carbocycles. The van der Waals surface area contributed by atoms with E-state index in [1.165, 1.54) is 22.3 Å². The molecule has 2 atom stereocenters. The first-order chi connectivity index (χ1) is 35.6. The number of nitrogens with one attached hydrogen (secondary N) is 5. The Morgan fingerprint density at radius 3 is 1.53 bits per heavy atom. The Bertz CT molecular complexity index is 2020. The van der Waals surface area contributed by atoms with E-state index < -0.39 is 41.9 Å². The molecule has 3 aromatic rings. The molecule has 0 aromatic heterocycles. The number of carbonyl (C=O) groups excluding carboxylic acids is 5. The molecule has 0 radical (unpaired) electrons. The van der Waals surface area contributed by atoms with E-state index in [4.69, 9.17) is 48.4 Å². The third kappa shape index (κ3) is 24.2. The smallest absolute Gasteiger partial charge is 0.407 e. The molecule has 0 saturated heterocycles. The molecular weight excluding hydrogens is 949 g/mol. The molecule has 8 N–H and O–H groups in total. The lowest BCUT2D eigenvalue weighted by molar-refractivity contribution is -0.132. The predicted octanol–water partition coefficient (Wildman–Crippen LogP) is 3.25. The van der Waals surface area contributed by atoms with Gasteiger partial charge in [-0.2, -0.15) is 0 Å². The maximum Gasteiger partial charge on any atom is 0.407 e. The minimum Gasteiger partial charge on any atom is -0.449 e. The second-order valence-corrected chi connectivity index (χ2v) is 17.0. The van der Waals surface area contributed by atoms with E-state index in [0.717, 1.165) is 0 Å². The zero-order chi connectivity index (χ0) is 52.3. The van der Waals surface area contributed by atoms with Gasteiger partial charge in [0.15, 0.2) is 0 Å². The summed E-state index contributed by atoms with van der Waals surface area (Å²) in [6.07, 6.45) is 0.0745.